The maximum Gasteiger partial charge on any atom is 0.252 e. The second-order valence-corrected chi connectivity index (χ2v) is 24.1. The molecule has 0 radical (unpaired) electrons. The van der Waals surface area contributed by atoms with E-state index in [1.54, 1.807) is 0 Å². The summed E-state index contributed by atoms with van der Waals surface area (Å²) in [4.78, 5) is 5.34. The van der Waals surface area contributed by atoms with E-state index in [2.05, 4.69) is 296 Å². The van der Waals surface area contributed by atoms with Crippen LogP contribution >= 0.6 is 0 Å². The first-order valence-electron chi connectivity index (χ1n) is 27.4. The molecule has 1 aliphatic carbocycles. The van der Waals surface area contributed by atoms with Gasteiger partial charge < -0.3 is 9.80 Å². The molecule has 0 bridgehead atoms. The van der Waals surface area contributed by atoms with Gasteiger partial charge in [-0.05, 0) is 161 Å². The van der Waals surface area contributed by atoms with Gasteiger partial charge in [-0.3, -0.25) is 0 Å². The third-order valence-electron chi connectivity index (χ3n) is 17.0. The normalized spacial score (nSPS) is 14.8. The number of benzene rings is 10. The van der Waals surface area contributed by atoms with Gasteiger partial charge in [-0.15, -0.1) is 0 Å². The highest BCUT2D eigenvalue weighted by Crippen LogP contribution is 2.54. The van der Waals surface area contributed by atoms with Crippen molar-refractivity contribution < 1.29 is 0 Å². The number of rotatable bonds is 8. The minimum atomic E-state index is -0.0636. The van der Waals surface area contributed by atoms with E-state index in [1.165, 1.54) is 117 Å². The topological polar surface area (TPSA) is 6.48 Å². The summed E-state index contributed by atoms with van der Waals surface area (Å²) < 4.78 is 0. The molecule has 10 aromatic rings. The fraction of sp³-hybridized carbons (Fsp3) is 0.178. The SMILES string of the molecule is Cc1cc(-c2ccccc2)ccc1N1c2cc3c(cc2B2c4ccc(-c5ccccc5)cc4N(c4ccc(C(C)(C)C)cc4-c4ccccc4)c4cc(C(c5ccccc5)c5ccccc5)cc1c42)C(C)(C)CC3(C)C. The largest absolute Gasteiger partial charge is 0.311 e. The van der Waals surface area contributed by atoms with Crippen molar-refractivity contribution in [3.63, 3.8) is 0 Å². The molecule has 2 nitrogen and oxygen atoms in total. The molecule has 0 saturated heterocycles. The van der Waals surface area contributed by atoms with E-state index in [9.17, 15) is 0 Å². The predicted octanol–water partition coefficient (Wildman–Crippen LogP) is 17.5. The minimum Gasteiger partial charge on any atom is -0.311 e. The van der Waals surface area contributed by atoms with E-state index in [-0.39, 0.29) is 28.9 Å². The zero-order valence-corrected chi connectivity index (χ0v) is 45.2. The van der Waals surface area contributed by atoms with Gasteiger partial charge in [0.1, 0.15) is 0 Å². The van der Waals surface area contributed by atoms with Crippen LogP contribution in [0.2, 0.25) is 0 Å². The van der Waals surface area contributed by atoms with Crippen molar-refractivity contribution in [3.8, 4) is 33.4 Å². The summed E-state index contributed by atoms with van der Waals surface area (Å²) in [5.41, 5.74) is 27.7. The smallest absolute Gasteiger partial charge is 0.252 e. The summed E-state index contributed by atoms with van der Waals surface area (Å²) >= 11 is 0. The Labute approximate surface area is 451 Å². The minimum absolute atomic E-state index is 0.00240. The van der Waals surface area contributed by atoms with Gasteiger partial charge in [0.2, 0.25) is 0 Å². The fourth-order valence-corrected chi connectivity index (χ4v) is 13.6. The molecular formula is C73H65BN2. The van der Waals surface area contributed by atoms with Crippen LogP contribution in [-0.4, -0.2) is 6.71 Å². The first kappa shape index (κ1) is 47.6. The summed E-state index contributed by atoms with van der Waals surface area (Å²) in [6, 6.07) is 87.4. The van der Waals surface area contributed by atoms with Crippen LogP contribution in [0, 0.1) is 6.92 Å². The molecule has 3 heteroatoms. The molecule has 13 rings (SSSR count). The molecule has 0 spiro atoms. The molecule has 0 amide bonds. The van der Waals surface area contributed by atoms with Crippen LogP contribution in [0.25, 0.3) is 33.4 Å². The van der Waals surface area contributed by atoms with Gasteiger partial charge in [-0.1, -0.05) is 230 Å². The second kappa shape index (κ2) is 18.0. The van der Waals surface area contributed by atoms with Crippen molar-refractivity contribution in [3.05, 3.63) is 269 Å². The fourth-order valence-electron chi connectivity index (χ4n) is 13.6. The van der Waals surface area contributed by atoms with Crippen molar-refractivity contribution in [2.24, 2.45) is 0 Å². The van der Waals surface area contributed by atoms with Crippen LogP contribution in [0.5, 0.6) is 0 Å². The maximum atomic E-state index is 2.68. The zero-order chi connectivity index (χ0) is 52.1. The molecule has 76 heavy (non-hydrogen) atoms. The molecule has 0 aromatic heterocycles. The van der Waals surface area contributed by atoms with Gasteiger partial charge >= 0.3 is 0 Å². The van der Waals surface area contributed by atoms with Crippen LogP contribution < -0.4 is 26.2 Å². The van der Waals surface area contributed by atoms with Gasteiger partial charge in [0.05, 0.1) is 5.69 Å². The lowest BCUT2D eigenvalue weighted by Crippen LogP contribution is -2.61. The van der Waals surface area contributed by atoms with Gasteiger partial charge in [0.15, 0.2) is 0 Å². The van der Waals surface area contributed by atoms with E-state index in [0.717, 1.165) is 12.1 Å². The number of fused-ring (bicyclic) bond motifs is 5. The van der Waals surface area contributed by atoms with Crippen LogP contribution in [0.15, 0.2) is 231 Å². The van der Waals surface area contributed by atoms with Crippen LogP contribution in [0.3, 0.4) is 0 Å². The molecule has 10 aromatic carbocycles. The predicted molar refractivity (Wildman–Crippen MR) is 325 cm³/mol. The number of anilines is 6. The lowest BCUT2D eigenvalue weighted by Gasteiger charge is -2.46. The first-order chi connectivity index (χ1) is 36.7. The lowest BCUT2D eigenvalue weighted by molar-refractivity contribution is 0.403. The average Bonchev–Trinajstić information content (AvgIpc) is 3.69. The molecule has 3 aliphatic rings. The number of nitrogens with zero attached hydrogens (tertiary/aromatic N) is 2. The molecule has 0 unspecified atom stereocenters. The Morgan fingerprint density at radius 3 is 1.42 bits per heavy atom. The third kappa shape index (κ3) is 7.94. The summed E-state index contributed by atoms with van der Waals surface area (Å²) in [6.07, 6.45) is 1.09. The third-order valence-corrected chi connectivity index (χ3v) is 17.0. The molecule has 0 saturated carbocycles. The number of hydrogen-bond acceptors (Lipinski definition) is 2. The Kier molecular flexibility index (Phi) is 11.3. The molecule has 0 atom stereocenters. The van der Waals surface area contributed by atoms with Gasteiger partial charge in [0.25, 0.3) is 6.71 Å². The Morgan fingerprint density at radius 1 is 0.395 bits per heavy atom. The standard InChI is InChI=1S/C73H65BN2/c1-48-40-54(49-24-14-9-15-25-49)35-38-63(48)75-66-46-60-59(72(5,6)47-73(60,7)8)45-62(66)74-61-37-34-55(50-26-16-10-17-27-50)41-65(61)76(64-39-36-57(71(2,3)4)44-58(64)51-28-18-11-19-29-51)68-43-56(42-67(75)70(68)74)69(52-30-20-12-21-31-52)53-32-22-13-23-33-53/h9-46,69H,47H2,1-8H3. The first-order valence-corrected chi connectivity index (χ1v) is 27.4. The van der Waals surface area contributed by atoms with Gasteiger partial charge in [-0.25, -0.2) is 0 Å². The lowest BCUT2D eigenvalue weighted by atomic mass is 9.33. The summed E-state index contributed by atoms with van der Waals surface area (Å²) in [5, 5.41) is 0. The van der Waals surface area contributed by atoms with Crippen molar-refractivity contribution in [1.29, 1.82) is 0 Å². The van der Waals surface area contributed by atoms with Gasteiger partial charge in [0, 0.05) is 39.9 Å². The van der Waals surface area contributed by atoms with Crippen molar-refractivity contribution in [1.82, 2.24) is 0 Å². The Balaban J connectivity index is 1.19. The summed E-state index contributed by atoms with van der Waals surface area (Å²) in [7, 11) is 0. The van der Waals surface area contributed by atoms with Gasteiger partial charge in [-0.2, -0.15) is 0 Å². The van der Waals surface area contributed by atoms with E-state index in [4.69, 9.17) is 0 Å². The van der Waals surface area contributed by atoms with Crippen molar-refractivity contribution in [2.75, 3.05) is 9.80 Å². The molecule has 2 heterocycles. The average molecular weight is 981 g/mol. The molecular weight excluding hydrogens is 916 g/mol. The van der Waals surface area contributed by atoms with E-state index >= 15 is 0 Å². The van der Waals surface area contributed by atoms with E-state index < -0.39 is 0 Å². The second-order valence-electron chi connectivity index (χ2n) is 24.1. The molecule has 0 N–H and O–H groups in total. The van der Waals surface area contributed by atoms with Crippen LogP contribution in [-0.2, 0) is 16.2 Å². The Hall–Kier alpha value is -8.14. The van der Waals surface area contributed by atoms with Crippen LogP contribution in [0.4, 0.5) is 34.1 Å². The highest BCUT2D eigenvalue weighted by Gasteiger charge is 2.49. The summed E-state index contributed by atoms with van der Waals surface area (Å²) in [5.74, 6) is -0.0530. The zero-order valence-electron chi connectivity index (χ0n) is 45.2. The molecule has 0 fully saturated rings. The maximum absolute atomic E-state index is 2.68. The van der Waals surface area contributed by atoms with Crippen molar-refractivity contribution in [2.45, 2.75) is 84.0 Å². The number of hydrogen-bond donors (Lipinski definition) is 0. The Bertz CT molecular complexity index is 3800. The van der Waals surface area contributed by atoms with E-state index in [1.807, 2.05) is 0 Å². The Morgan fingerprint density at radius 2 is 0.868 bits per heavy atom. The molecule has 2 aliphatic heterocycles. The van der Waals surface area contributed by atoms with Crippen LogP contribution in [0.1, 0.15) is 99.7 Å². The highest BCUT2D eigenvalue weighted by atomic mass is 15.2. The highest BCUT2D eigenvalue weighted by molar-refractivity contribution is 7.00. The van der Waals surface area contributed by atoms with Crippen molar-refractivity contribution >= 4 is 57.2 Å². The van der Waals surface area contributed by atoms with E-state index in [0.29, 0.717) is 0 Å². The quantitative estimate of drug-likeness (QED) is 0.111. The molecule has 370 valence electrons. The number of aryl methyl sites for hydroxylation is 1. The monoisotopic (exact) mass is 981 g/mol. The summed E-state index contributed by atoms with van der Waals surface area (Å²) in [6.45, 7) is 19.1.